The molecule has 0 spiro atoms. The average molecular weight is 281 g/mol. The number of fused-ring (bicyclic) bond motifs is 1. The molecule has 2 aromatic rings. The van der Waals surface area contributed by atoms with E-state index in [2.05, 4.69) is 0 Å². The SMILES string of the molecule is CC(C)Oc1ccc(C2=[N+]([O-])c3ccccc3C2=O)cc1. The highest BCUT2D eigenvalue weighted by molar-refractivity contribution is 6.52. The first kappa shape index (κ1) is 13.4. The number of hydrogen-bond acceptors (Lipinski definition) is 3. The Bertz CT molecular complexity index is 730. The molecule has 3 rings (SSSR count). The predicted molar refractivity (Wildman–Crippen MR) is 80.4 cm³/mol. The third-order valence-electron chi connectivity index (χ3n) is 3.29. The summed E-state index contributed by atoms with van der Waals surface area (Å²) in [6.07, 6.45) is 0.0804. The summed E-state index contributed by atoms with van der Waals surface area (Å²) in [4.78, 5) is 12.4. The molecule has 0 bridgehead atoms. The summed E-state index contributed by atoms with van der Waals surface area (Å²) in [6, 6.07) is 13.9. The molecular formula is C17H15NO3. The summed E-state index contributed by atoms with van der Waals surface area (Å²) in [6.45, 7) is 3.89. The van der Waals surface area contributed by atoms with Gasteiger partial charge in [-0.05, 0) is 44.2 Å². The molecule has 0 aromatic heterocycles. The van der Waals surface area contributed by atoms with Crippen molar-refractivity contribution in [2.45, 2.75) is 20.0 Å². The zero-order chi connectivity index (χ0) is 15.0. The van der Waals surface area contributed by atoms with E-state index < -0.39 is 0 Å². The van der Waals surface area contributed by atoms with Crippen molar-refractivity contribution in [1.82, 2.24) is 0 Å². The second-order valence-corrected chi connectivity index (χ2v) is 5.18. The Kier molecular flexibility index (Phi) is 3.22. The molecule has 106 valence electrons. The zero-order valence-corrected chi connectivity index (χ0v) is 11.9. The molecule has 0 atom stereocenters. The summed E-state index contributed by atoms with van der Waals surface area (Å²) < 4.78 is 6.27. The lowest BCUT2D eigenvalue weighted by Crippen LogP contribution is -2.16. The van der Waals surface area contributed by atoms with E-state index in [4.69, 9.17) is 4.74 Å². The van der Waals surface area contributed by atoms with Crippen LogP contribution in [0.4, 0.5) is 5.69 Å². The molecule has 0 aliphatic carbocycles. The summed E-state index contributed by atoms with van der Waals surface area (Å²) >= 11 is 0. The number of para-hydroxylation sites is 1. The van der Waals surface area contributed by atoms with Gasteiger partial charge in [-0.15, -0.1) is 0 Å². The van der Waals surface area contributed by atoms with Crippen LogP contribution in [-0.4, -0.2) is 22.3 Å². The maximum Gasteiger partial charge on any atom is 0.272 e. The van der Waals surface area contributed by atoms with Crippen molar-refractivity contribution in [3.05, 3.63) is 64.9 Å². The van der Waals surface area contributed by atoms with Gasteiger partial charge in [0, 0.05) is 6.07 Å². The van der Waals surface area contributed by atoms with Gasteiger partial charge in [0.1, 0.15) is 11.3 Å². The molecule has 0 amide bonds. The van der Waals surface area contributed by atoms with Gasteiger partial charge in [-0.2, -0.15) is 4.74 Å². The molecule has 0 saturated heterocycles. The normalized spacial score (nSPS) is 13.8. The van der Waals surface area contributed by atoms with Crippen LogP contribution in [0, 0.1) is 5.21 Å². The molecule has 0 N–H and O–H groups in total. The van der Waals surface area contributed by atoms with Crippen molar-refractivity contribution in [2.24, 2.45) is 0 Å². The molecule has 4 heteroatoms. The fraction of sp³-hybridized carbons (Fsp3) is 0.176. The molecule has 1 heterocycles. The van der Waals surface area contributed by atoms with Gasteiger partial charge in [-0.25, -0.2) is 0 Å². The van der Waals surface area contributed by atoms with E-state index in [1.165, 1.54) is 0 Å². The minimum absolute atomic E-state index is 0.0804. The smallest absolute Gasteiger partial charge is 0.272 e. The van der Waals surface area contributed by atoms with Crippen LogP contribution in [0.1, 0.15) is 29.8 Å². The quantitative estimate of drug-likeness (QED) is 0.640. The first-order chi connectivity index (χ1) is 10.1. The number of ketones is 1. The Hall–Kier alpha value is -2.62. The van der Waals surface area contributed by atoms with Crippen LogP contribution < -0.4 is 4.74 Å². The number of nitrogens with zero attached hydrogens (tertiary/aromatic N) is 1. The van der Waals surface area contributed by atoms with E-state index in [0.717, 1.165) is 5.75 Å². The van der Waals surface area contributed by atoms with Crippen LogP contribution >= 0.6 is 0 Å². The first-order valence-electron chi connectivity index (χ1n) is 6.83. The number of carbonyl (C=O) groups is 1. The molecule has 21 heavy (non-hydrogen) atoms. The number of Topliss-reactive ketones (excluding diaryl/α,β-unsaturated/α-hetero) is 1. The summed E-state index contributed by atoms with van der Waals surface area (Å²) in [5, 5.41) is 12.3. The Morgan fingerprint density at radius 1 is 1.05 bits per heavy atom. The summed E-state index contributed by atoms with van der Waals surface area (Å²) in [7, 11) is 0. The van der Waals surface area contributed by atoms with Crippen LogP contribution in [0.5, 0.6) is 5.75 Å². The van der Waals surface area contributed by atoms with Crippen LogP contribution in [0.15, 0.2) is 48.5 Å². The fourth-order valence-corrected chi connectivity index (χ4v) is 2.39. The van der Waals surface area contributed by atoms with Crippen LogP contribution in [0.3, 0.4) is 0 Å². The van der Waals surface area contributed by atoms with E-state index in [1.54, 1.807) is 48.5 Å². The lowest BCUT2D eigenvalue weighted by Gasteiger charge is -2.09. The van der Waals surface area contributed by atoms with Gasteiger partial charge in [0.25, 0.3) is 11.5 Å². The molecule has 0 saturated carbocycles. The van der Waals surface area contributed by atoms with Crippen molar-refractivity contribution < 1.29 is 14.3 Å². The number of rotatable bonds is 3. The molecular weight excluding hydrogens is 266 g/mol. The molecule has 0 fully saturated rings. The van der Waals surface area contributed by atoms with Crippen molar-refractivity contribution >= 4 is 17.2 Å². The maximum atomic E-state index is 12.4. The second-order valence-electron chi connectivity index (χ2n) is 5.18. The molecule has 1 aliphatic heterocycles. The highest BCUT2D eigenvalue weighted by Crippen LogP contribution is 2.28. The molecule has 1 aliphatic rings. The van der Waals surface area contributed by atoms with E-state index in [1.807, 2.05) is 13.8 Å². The predicted octanol–water partition coefficient (Wildman–Crippen LogP) is 3.30. The highest BCUT2D eigenvalue weighted by atomic mass is 16.5. The number of benzene rings is 2. The second kappa shape index (κ2) is 5.05. The zero-order valence-electron chi connectivity index (χ0n) is 11.9. The van der Waals surface area contributed by atoms with Crippen molar-refractivity contribution in [1.29, 1.82) is 0 Å². The van der Waals surface area contributed by atoms with Gasteiger partial charge >= 0.3 is 0 Å². The van der Waals surface area contributed by atoms with Crippen LogP contribution in [-0.2, 0) is 0 Å². The third-order valence-corrected chi connectivity index (χ3v) is 3.29. The monoisotopic (exact) mass is 281 g/mol. The number of hydrogen-bond donors (Lipinski definition) is 0. The Morgan fingerprint density at radius 3 is 2.33 bits per heavy atom. The first-order valence-corrected chi connectivity index (χ1v) is 6.83. The van der Waals surface area contributed by atoms with Crippen molar-refractivity contribution in [2.75, 3.05) is 0 Å². The molecule has 0 unspecified atom stereocenters. The van der Waals surface area contributed by atoms with E-state index >= 15 is 0 Å². The number of carbonyl (C=O) groups excluding carboxylic acids is 1. The van der Waals surface area contributed by atoms with Crippen LogP contribution in [0.2, 0.25) is 0 Å². The van der Waals surface area contributed by atoms with E-state index in [-0.39, 0.29) is 17.6 Å². The Morgan fingerprint density at radius 2 is 1.71 bits per heavy atom. The van der Waals surface area contributed by atoms with Gasteiger partial charge in [0.15, 0.2) is 0 Å². The van der Waals surface area contributed by atoms with Gasteiger partial charge in [-0.3, -0.25) is 4.79 Å². The van der Waals surface area contributed by atoms with E-state index in [9.17, 15) is 10.0 Å². The molecule has 0 radical (unpaired) electrons. The average Bonchev–Trinajstić information content (AvgIpc) is 2.72. The van der Waals surface area contributed by atoms with Gasteiger partial charge in [0.05, 0.1) is 11.7 Å². The molecule has 4 nitrogen and oxygen atoms in total. The lowest BCUT2D eigenvalue weighted by atomic mass is 10.0. The van der Waals surface area contributed by atoms with Crippen molar-refractivity contribution in [3.8, 4) is 5.75 Å². The fourth-order valence-electron chi connectivity index (χ4n) is 2.39. The lowest BCUT2D eigenvalue weighted by molar-refractivity contribution is -0.355. The van der Waals surface area contributed by atoms with Gasteiger partial charge in [-0.1, -0.05) is 12.1 Å². The maximum absolute atomic E-state index is 12.4. The standard InChI is InChI=1S/C17H15NO3/c1-11(2)21-13-9-7-12(8-10-13)16-17(19)14-5-3-4-6-15(14)18(16)20/h3-11H,1-2H3. The van der Waals surface area contributed by atoms with Gasteiger partial charge < -0.3 is 9.94 Å². The minimum Gasteiger partial charge on any atom is -0.618 e. The van der Waals surface area contributed by atoms with E-state index in [0.29, 0.717) is 21.6 Å². The van der Waals surface area contributed by atoms with Crippen molar-refractivity contribution in [3.63, 3.8) is 0 Å². The number of ether oxygens (including phenoxy) is 1. The van der Waals surface area contributed by atoms with Crippen LogP contribution in [0.25, 0.3) is 0 Å². The molecule has 2 aromatic carbocycles. The summed E-state index contributed by atoms with van der Waals surface area (Å²) in [5.74, 6) is 0.480. The Balaban J connectivity index is 1.98. The minimum atomic E-state index is -0.238. The third kappa shape index (κ3) is 2.29. The largest absolute Gasteiger partial charge is 0.618 e. The highest BCUT2D eigenvalue weighted by Gasteiger charge is 2.36. The Labute approximate surface area is 122 Å². The van der Waals surface area contributed by atoms with Gasteiger partial charge in [0.2, 0.25) is 5.69 Å². The topological polar surface area (TPSA) is 52.4 Å². The summed E-state index contributed by atoms with van der Waals surface area (Å²) in [5.41, 5.74) is 1.61.